The number of halogens is 2. The van der Waals surface area contributed by atoms with Crippen molar-refractivity contribution in [1.29, 1.82) is 0 Å². The van der Waals surface area contributed by atoms with Crippen molar-refractivity contribution in [3.8, 4) is 0 Å². The molecule has 1 amide bonds. The lowest BCUT2D eigenvalue weighted by Crippen LogP contribution is -2.20. The molecule has 1 N–H and O–H groups in total. The number of carbonyl (C=O) groups is 1. The first-order chi connectivity index (χ1) is 12.6. The number of nitrogens with one attached hydrogen (secondary N) is 1. The molecule has 0 aliphatic heterocycles. The number of anilines is 1. The SMILES string of the molecule is O=C(COCc1ccccc1)Nc1ccnn1Cc1ccc(Cl)cc1Cl. The Morgan fingerprint density at radius 2 is 1.92 bits per heavy atom. The van der Waals surface area contributed by atoms with Crippen LogP contribution in [0, 0.1) is 0 Å². The summed E-state index contributed by atoms with van der Waals surface area (Å²) in [6.45, 7) is 0.763. The van der Waals surface area contributed by atoms with Gasteiger partial charge >= 0.3 is 0 Å². The number of carbonyl (C=O) groups excluding carboxylic acids is 1. The summed E-state index contributed by atoms with van der Waals surface area (Å²) in [7, 11) is 0. The Bertz CT molecular complexity index is 882. The van der Waals surface area contributed by atoms with Gasteiger partial charge in [0.2, 0.25) is 0 Å². The molecule has 0 atom stereocenters. The average molecular weight is 390 g/mol. The number of nitrogens with zero attached hydrogens (tertiary/aromatic N) is 2. The predicted molar refractivity (Wildman–Crippen MR) is 103 cm³/mol. The molecule has 0 bridgehead atoms. The molecule has 0 aliphatic carbocycles. The normalized spacial score (nSPS) is 10.7. The smallest absolute Gasteiger partial charge is 0.251 e. The van der Waals surface area contributed by atoms with Crippen molar-refractivity contribution in [3.05, 3.63) is 82.0 Å². The number of benzene rings is 2. The number of hydrogen-bond donors (Lipinski definition) is 1. The molecule has 2 aromatic carbocycles. The molecule has 0 saturated carbocycles. The Hall–Kier alpha value is -2.34. The minimum Gasteiger partial charge on any atom is -0.367 e. The summed E-state index contributed by atoms with van der Waals surface area (Å²) in [4.78, 5) is 12.1. The largest absolute Gasteiger partial charge is 0.367 e. The zero-order chi connectivity index (χ0) is 18.4. The van der Waals surface area contributed by atoms with Crippen molar-refractivity contribution in [2.75, 3.05) is 11.9 Å². The third kappa shape index (κ3) is 5.08. The Morgan fingerprint density at radius 3 is 2.69 bits per heavy atom. The van der Waals surface area contributed by atoms with Crippen LogP contribution >= 0.6 is 23.2 Å². The summed E-state index contributed by atoms with van der Waals surface area (Å²) in [6, 6.07) is 16.7. The maximum Gasteiger partial charge on any atom is 0.251 e. The Kier molecular flexibility index (Phi) is 6.28. The van der Waals surface area contributed by atoms with Crippen LogP contribution in [-0.2, 0) is 22.7 Å². The van der Waals surface area contributed by atoms with Crippen LogP contribution in [0.5, 0.6) is 0 Å². The zero-order valence-corrected chi connectivity index (χ0v) is 15.4. The summed E-state index contributed by atoms with van der Waals surface area (Å²) >= 11 is 12.1. The van der Waals surface area contributed by atoms with Gasteiger partial charge in [-0.1, -0.05) is 59.6 Å². The lowest BCUT2D eigenvalue weighted by molar-refractivity contribution is -0.121. The Balaban J connectivity index is 1.55. The molecule has 0 fully saturated rings. The molecule has 0 radical (unpaired) electrons. The lowest BCUT2D eigenvalue weighted by Gasteiger charge is -2.11. The van der Waals surface area contributed by atoms with E-state index in [1.165, 1.54) is 0 Å². The van der Waals surface area contributed by atoms with Gasteiger partial charge in [-0.25, -0.2) is 4.68 Å². The zero-order valence-electron chi connectivity index (χ0n) is 13.9. The number of ether oxygens (including phenoxy) is 1. The highest BCUT2D eigenvalue weighted by Gasteiger charge is 2.10. The van der Waals surface area contributed by atoms with Crippen LogP contribution in [0.2, 0.25) is 10.0 Å². The van der Waals surface area contributed by atoms with Crippen LogP contribution in [0.25, 0.3) is 0 Å². The van der Waals surface area contributed by atoms with E-state index in [1.807, 2.05) is 36.4 Å². The van der Waals surface area contributed by atoms with Crippen LogP contribution in [0.4, 0.5) is 5.82 Å². The average Bonchev–Trinajstić information content (AvgIpc) is 3.05. The highest BCUT2D eigenvalue weighted by Crippen LogP contribution is 2.22. The van der Waals surface area contributed by atoms with Crippen LogP contribution in [-0.4, -0.2) is 22.3 Å². The van der Waals surface area contributed by atoms with Crippen LogP contribution in [0.3, 0.4) is 0 Å². The van der Waals surface area contributed by atoms with Crippen LogP contribution in [0.1, 0.15) is 11.1 Å². The Morgan fingerprint density at radius 1 is 1.12 bits per heavy atom. The summed E-state index contributed by atoms with van der Waals surface area (Å²) in [5.74, 6) is 0.328. The van der Waals surface area contributed by atoms with E-state index >= 15 is 0 Å². The number of rotatable bonds is 7. The van der Waals surface area contributed by atoms with Gasteiger partial charge in [0.25, 0.3) is 5.91 Å². The second-order valence-electron chi connectivity index (χ2n) is 5.64. The van der Waals surface area contributed by atoms with Gasteiger partial charge in [-0.05, 0) is 23.3 Å². The van der Waals surface area contributed by atoms with E-state index in [2.05, 4.69) is 10.4 Å². The van der Waals surface area contributed by atoms with Gasteiger partial charge in [0.15, 0.2) is 0 Å². The minimum absolute atomic E-state index is 0.0399. The standard InChI is InChI=1S/C19H17Cl2N3O2/c20-16-7-6-15(17(21)10-16)11-24-18(8-9-22-24)23-19(25)13-26-12-14-4-2-1-3-5-14/h1-10H,11-13H2,(H,23,25). The molecule has 134 valence electrons. The van der Waals surface area contributed by atoms with Crippen molar-refractivity contribution >= 4 is 34.9 Å². The topological polar surface area (TPSA) is 56.1 Å². The molecule has 0 saturated heterocycles. The first-order valence-corrected chi connectivity index (χ1v) is 8.74. The quantitative estimate of drug-likeness (QED) is 0.651. The van der Waals surface area contributed by atoms with Crippen molar-refractivity contribution in [2.45, 2.75) is 13.2 Å². The summed E-state index contributed by atoms with van der Waals surface area (Å²) in [6.07, 6.45) is 1.62. The fraction of sp³-hybridized carbons (Fsp3) is 0.158. The van der Waals surface area contributed by atoms with E-state index in [-0.39, 0.29) is 12.5 Å². The predicted octanol–water partition coefficient (Wildman–Crippen LogP) is 4.39. The van der Waals surface area contributed by atoms with Crippen LogP contribution < -0.4 is 5.32 Å². The van der Waals surface area contributed by atoms with Crippen molar-refractivity contribution in [1.82, 2.24) is 9.78 Å². The molecular formula is C19H17Cl2N3O2. The Labute approximate surface area is 161 Å². The summed E-state index contributed by atoms with van der Waals surface area (Å²) in [5, 5.41) is 8.15. The fourth-order valence-electron chi connectivity index (χ4n) is 2.39. The van der Waals surface area contributed by atoms with E-state index in [1.54, 1.807) is 29.1 Å². The maximum absolute atomic E-state index is 12.1. The molecule has 26 heavy (non-hydrogen) atoms. The van der Waals surface area contributed by atoms with Gasteiger partial charge in [0.05, 0.1) is 19.3 Å². The molecule has 1 heterocycles. The third-order valence-corrected chi connectivity index (χ3v) is 4.25. The van der Waals surface area contributed by atoms with E-state index in [4.69, 9.17) is 27.9 Å². The monoisotopic (exact) mass is 389 g/mol. The van der Waals surface area contributed by atoms with Crippen molar-refractivity contribution in [2.24, 2.45) is 0 Å². The molecule has 0 spiro atoms. The molecule has 0 aliphatic rings. The van der Waals surface area contributed by atoms with E-state index in [0.29, 0.717) is 29.0 Å². The van der Waals surface area contributed by atoms with E-state index < -0.39 is 0 Å². The summed E-state index contributed by atoms with van der Waals surface area (Å²) < 4.78 is 7.10. The number of aromatic nitrogens is 2. The van der Waals surface area contributed by atoms with Gasteiger partial charge in [0.1, 0.15) is 12.4 Å². The lowest BCUT2D eigenvalue weighted by atomic mass is 10.2. The third-order valence-electron chi connectivity index (χ3n) is 3.66. The molecule has 7 heteroatoms. The molecule has 1 aromatic heterocycles. The second kappa shape index (κ2) is 8.85. The van der Waals surface area contributed by atoms with Crippen molar-refractivity contribution < 1.29 is 9.53 Å². The first kappa shape index (κ1) is 18.5. The molecule has 3 aromatic rings. The van der Waals surface area contributed by atoms with E-state index in [0.717, 1.165) is 11.1 Å². The molecule has 0 unspecified atom stereocenters. The van der Waals surface area contributed by atoms with Gasteiger partial charge < -0.3 is 10.1 Å². The highest BCUT2D eigenvalue weighted by molar-refractivity contribution is 6.35. The second-order valence-corrected chi connectivity index (χ2v) is 6.48. The van der Waals surface area contributed by atoms with Crippen LogP contribution in [0.15, 0.2) is 60.8 Å². The molecule has 3 rings (SSSR count). The fourth-order valence-corrected chi connectivity index (χ4v) is 2.86. The number of amides is 1. The summed E-state index contributed by atoms with van der Waals surface area (Å²) in [5.41, 5.74) is 1.87. The maximum atomic E-state index is 12.1. The minimum atomic E-state index is -0.245. The molecular weight excluding hydrogens is 373 g/mol. The van der Waals surface area contributed by atoms with Crippen molar-refractivity contribution in [3.63, 3.8) is 0 Å². The highest BCUT2D eigenvalue weighted by atomic mass is 35.5. The van der Waals surface area contributed by atoms with Gasteiger partial charge in [-0.3, -0.25) is 4.79 Å². The molecule has 5 nitrogen and oxygen atoms in total. The van der Waals surface area contributed by atoms with Gasteiger partial charge in [-0.15, -0.1) is 0 Å². The van der Waals surface area contributed by atoms with E-state index in [9.17, 15) is 4.79 Å². The van der Waals surface area contributed by atoms with Gasteiger partial charge in [-0.2, -0.15) is 5.10 Å². The first-order valence-electron chi connectivity index (χ1n) is 7.99. The number of hydrogen-bond acceptors (Lipinski definition) is 3. The van der Waals surface area contributed by atoms with Gasteiger partial charge in [0, 0.05) is 16.1 Å².